The van der Waals surface area contributed by atoms with Crippen LogP contribution >= 0.6 is 23.2 Å². The molecule has 178 valence electrons. The second-order valence-electron chi connectivity index (χ2n) is 7.73. The molecule has 0 aromatic heterocycles. The number of nitrogens with zero attached hydrogens (tertiary/aromatic N) is 3. The Hall–Kier alpha value is -3.62. The second-order valence-corrected chi connectivity index (χ2v) is 8.54. The minimum absolute atomic E-state index is 0.0200. The third-order valence-electron chi connectivity index (χ3n) is 5.10. The molecule has 0 unspecified atom stereocenters. The van der Waals surface area contributed by atoms with Crippen molar-refractivity contribution in [1.29, 1.82) is 0 Å². The summed E-state index contributed by atoms with van der Waals surface area (Å²) in [5, 5.41) is 6.98. The lowest BCUT2D eigenvalue weighted by Crippen LogP contribution is -2.31. The minimum Gasteiger partial charge on any atom is -0.291 e. The molecular weight excluding hydrogens is 495 g/mol. The fourth-order valence-electron chi connectivity index (χ4n) is 3.20. The van der Waals surface area contributed by atoms with Gasteiger partial charge in [0.2, 0.25) is 5.96 Å². The highest BCUT2D eigenvalue weighted by Crippen LogP contribution is 2.19. The van der Waals surface area contributed by atoms with Gasteiger partial charge in [0, 0.05) is 10.6 Å². The van der Waals surface area contributed by atoms with E-state index in [9.17, 15) is 13.6 Å². The number of rotatable bonds is 4. The van der Waals surface area contributed by atoms with Crippen LogP contribution in [-0.2, 0) is 6.54 Å². The fraction of sp³-hybridized carbons (Fsp3) is 0.120. The summed E-state index contributed by atoms with van der Waals surface area (Å²) in [6, 6.07) is 15.5. The van der Waals surface area contributed by atoms with E-state index in [1.54, 1.807) is 0 Å². The zero-order valence-electron chi connectivity index (χ0n) is 18.4. The second kappa shape index (κ2) is 10.8. The Bertz CT molecular complexity index is 1370. The van der Waals surface area contributed by atoms with E-state index >= 15 is 0 Å². The lowest BCUT2D eigenvalue weighted by molar-refractivity contribution is 0.0976. The van der Waals surface area contributed by atoms with E-state index in [1.165, 1.54) is 30.3 Å². The van der Waals surface area contributed by atoms with E-state index in [4.69, 9.17) is 23.2 Å². The van der Waals surface area contributed by atoms with Crippen LogP contribution in [0, 0.1) is 18.6 Å². The molecule has 0 fully saturated rings. The van der Waals surface area contributed by atoms with Crippen LogP contribution in [0.1, 0.15) is 33.5 Å². The number of carbonyl (C=O) groups is 1. The molecule has 0 bridgehead atoms. The lowest BCUT2D eigenvalue weighted by Gasteiger charge is -2.08. The van der Waals surface area contributed by atoms with E-state index in [1.807, 2.05) is 31.2 Å². The van der Waals surface area contributed by atoms with Gasteiger partial charge in [-0.25, -0.2) is 13.8 Å². The Morgan fingerprint density at radius 2 is 1.83 bits per heavy atom. The Labute approximate surface area is 210 Å². The molecule has 1 aliphatic rings. The summed E-state index contributed by atoms with van der Waals surface area (Å²) >= 11 is 11.8. The van der Waals surface area contributed by atoms with Gasteiger partial charge in [-0.2, -0.15) is 10.1 Å². The van der Waals surface area contributed by atoms with Crippen LogP contribution in [0.2, 0.25) is 10.0 Å². The molecule has 0 atom stereocenters. The van der Waals surface area contributed by atoms with Gasteiger partial charge in [0.25, 0.3) is 5.91 Å². The van der Waals surface area contributed by atoms with Crippen LogP contribution in [0.15, 0.2) is 75.7 Å². The van der Waals surface area contributed by atoms with Crippen molar-refractivity contribution >= 4 is 46.6 Å². The molecule has 3 aromatic rings. The Morgan fingerprint density at radius 3 is 2.54 bits per heavy atom. The SMILES string of the molecule is Cc1ccc(C2=NNC(=NC(=NCc3ccc(F)cc3Cl)NC(=O)c3ccc(Cl)c(F)c3)C2)cc1. The van der Waals surface area contributed by atoms with Crippen molar-refractivity contribution in [2.45, 2.75) is 19.9 Å². The maximum atomic E-state index is 13.8. The lowest BCUT2D eigenvalue weighted by atomic mass is 10.1. The predicted molar refractivity (Wildman–Crippen MR) is 134 cm³/mol. The van der Waals surface area contributed by atoms with E-state index in [-0.39, 0.29) is 28.1 Å². The normalized spacial score (nSPS) is 14.6. The molecule has 1 aliphatic heterocycles. The third-order valence-corrected chi connectivity index (χ3v) is 5.76. The van der Waals surface area contributed by atoms with Crippen LogP contribution in [-0.4, -0.2) is 23.4 Å². The van der Waals surface area contributed by atoms with Gasteiger partial charge >= 0.3 is 0 Å². The molecule has 0 saturated heterocycles. The first-order valence-corrected chi connectivity index (χ1v) is 11.3. The standard InChI is InChI=1S/C25H19Cl2F2N5O/c1-14-2-4-15(5-3-14)22-12-23(34-33-22)31-25(30-13-17-6-8-18(28)11-20(17)27)32-24(35)16-7-9-19(26)21(29)10-16/h2-11H,12-13H2,1H3,(H2,30,31,32,34,35). The quantitative estimate of drug-likeness (QED) is 0.348. The van der Waals surface area contributed by atoms with Crippen molar-refractivity contribution in [2.75, 3.05) is 0 Å². The molecular formula is C25H19Cl2F2N5O. The fourth-order valence-corrected chi connectivity index (χ4v) is 3.54. The predicted octanol–water partition coefficient (Wildman–Crippen LogP) is 5.66. The zero-order chi connectivity index (χ0) is 24.9. The van der Waals surface area contributed by atoms with Gasteiger partial charge in [-0.05, 0) is 48.4 Å². The molecule has 35 heavy (non-hydrogen) atoms. The van der Waals surface area contributed by atoms with Gasteiger partial charge in [0.1, 0.15) is 17.5 Å². The van der Waals surface area contributed by atoms with Crippen molar-refractivity contribution in [2.24, 2.45) is 15.1 Å². The van der Waals surface area contributed by atoms with Crippen molar-refractivity contribution in [3.8, 4) is 0 Å². The molecule has 0 radical (unpaired) electrons. The van der Waals surface area contributed by atoms with Crippen LogP contribution in [0.25, 0.3) is 0 Å². The summed E-state index contributed by atoms with van der Waals surface area (Å²) in [5.74, 6) is -1.43. The topological polar surface area (TPSA) is 78.2 Å². The van der Waals surface area contributed by atoms with E-state index in [0.717, 1.165) is 22.9 Å². The number of halogens is 4. The first kappa shape index (κ1) is 24.5. The summed E-state index contributed by atoms with van der Waals surface area (Å²) in [7, 11) is 0. The molecule has 0 spiro atoms. The van der Waals surface area contributed by atoms with Crippen LogP contribution < -0.4 is 10.7 Å². The average molecular weight is 514 g/mol. The molecule has 2 N–H and O–H groups in total. The van der Waals surface area contributed by atoms with E-state index in [0.29, 0.717) is 17.8 Å². The summed E-state index contributed by atoms with van der Waals surface area (Å²) in [4.78, 5) is 21.5. The maximum absolute atomic E-state index is 13.8. The van der Waals surface area contributed by atoms with Gasteiger partial charge in [-0.1, -0.05) is 59.1 Å². The smallest absolute Gasteiger partial charge is 0.258 e. The first-order valence-electron chi connectivity index (χ1n) is 10.5. The zero-order valence-corrected chi connectivity index (χ0v) is 20.0. The van der Waals surface area contributed by atoms with E-state index in [2.05, 4.69) is 25.8 Å². The molecule has 10 heteroatoms. The number of aryl methyl sites for hydroxylation is 1. The number of amidine groups is 1. The number of nitrogens with one attached hydrogen (secondary N) is 2. The number of carbonyl (C=O) groups excluding carboxylic acids is 1. The minimum atomic E-state index is -0.726. The van der Waals surface area contributed by atoms with Crippen molar-refractivity contribution < 1.29 is 13.6 Å². The number of hydrogen-bond acceptors (Lipinski definition) is 3. The number of hydrogen-bond donors (Lipinski definition) is 2. The summed E-state index contributed by atoms with van der Waals surface area (Å²) in [6.45, 7) is 2.02. The van der Waals surface area contributed by atoms with Gasteiger partial charge in [-0.3, -0.25) is 15.5 Å². The van der Waals surface area contributed by atoms with Crippen molar-refractivity contribution in [1.82, 2.24) is 10.7 Å². The molecule has 0 aliphatic carbocycles. The van der Waals surface area contributed by atoms with Gasteiger partial charge < -0.3 is 0 Å². The largest absolute Gasteiger partial charge is 0.291 e. The summed E-state index contributed by atoms with van der Waals surface area (Å²) in [5.41, 5.74) is 6.26. The number of benzene rings is 3. The Kier molecular flexibility index (Phi) is 7.53. The first-order chi connectivity index (χ1) is 16.8. The van der Waals surface area contributed by atoms with Crippen molar-refractivity contribution in [3.05, 3.63) is 105 Å². The molecule has 4 rings (SSSR count). The maximum Gasteiger partial charge on any atom is 0.258 e. The number of guanidine groups is 1. The van der Waals surface area contributed by atoms with Gasteiger partial charge in [0.15, 0.2) is 0 Å². The molecule has 1 heterocycles. The highest BCUT2D eigenvalue weighted by atomic mass is 35.5. The highest BCUT2D eigenvalue weighted by molar-refractivity contribution is 6.31. The molecule has 0 saturated carbocycles. The van der Waals surface area contributed by atoms with Crippen molar-refractivity contribution in [3.63, 3.8) is 0 Å². The third kappa shape index (κ3) is 6.29. The average Bonchev–Trinajstić information content (AvgIpc) is 3.29. The molecule has 3 aromatic carbocycles. The monoisotopic (exact) mass is 513 g/mol. The Morgan fingerprint density at radius 1 is 1.06 bits per heavy atom. The molecule has 1 amide bonds. The summed E-state index contributed by atoms with van der Waals surface area (Å²) in [6.07, 6.45) is 0.380. The van der Waals surface area contributed by atoms with Crippen LogP contribution in [0.4, 0.5) is 8.78 Å². The van der Waals surface area contributed by atoms with Crippen LogP contribution in [0.3, 0.4) is 0 Å². The highest BCUT2D eigenvalue weighted by Gasteiger charge is 2.17. The van der Waals surface area contributed by atoms with Crippen LogP contribution in [0.5, 0.6) is 0 Å². The molecule has 6 nitrogen and oxygen atoms in total. The van der Waals surface area contributed by atoms with Gasteiger partial charge in [0.05, 0.1) is 23.7 Å². The number of amides is 1. The number of hydrazone groups is 1. The van der Waals surface area contributed by atoms with E-state index < -0.39 is 17.5 Å². The Balaban J connectivity index is 1.57. The van der Waals surface area contributed by atoms with Gasteiger partial charge in [-0.15, -0.1) is 0 Å². The number of aliphatic imine (C=N–C) groups is 2. The summed E-state index contributed by atoms with van der Waals surface area (Å²) < 4.78 is 27.2.